The highest BCUT2D eigenvalue weighted by Crippen LogP contribution is 2.18. The number of ether oxygens (including phenoxy) is 1. The predicted octanol–water partition coefficient (Wildman–Crippen LogP) is 1.58. The third kappa shape index (κ3) is 2.17. The van der Waals surface area contributed by atoms with Crippen LogP contribution in [0.1, 0.15) is 16.2 Å². The number of hydrogen-bond donors (Lipinski definition) is 0. The van der Waals surface area contributed by atoms with Gasteiger partial charge in [0.2, 0.25) is 0 Å². The average molecular weight is 263 g/mol. The van der Waals surface area contributed by atoms with Crippen molar-refractivity contribution in [1.29, 1.82) is 5.26 Å². The van der Waals surface area contributed by atoms with Crippen molar-refractivity contribution in [2.75, 3.05) is 7.11 Å². The first-order chi connectivity index (χ1) is 8.65. The van der Waals surface area contributed by atoms with Crippen LogP contribution in [0.15, 0.2) is 24.5 Å². The second kappa shape index (κ2) is 4.85. The molecule has 0 spiro atoms. The summed E-state index contributed by atoms with van der Waals surface area (Å²) in [5.41, 5.74) is 0.827. The fourth-order valence-corrected chi connectivity index (χ4v) is 1.53. The largest absolute Gasteiger partial charge is 0.463 e. The Labute approximate surface area is 107 Å². The van der Waals surface area contributed by atoms with Gasteiger partial charge in [0.15, 0.2) is 0 Å². The fraction of sp³-hybridized carbons (Fsp3) is 0.0909. The summed E-state index contributed by atoms with van der Waals surface area (Å²) in [5, 5.41) is 13.4. The van der Waals surface area contributed by atoms with E-state index < -0.39 is 5.97 Å². The minimum atomic E-state index is -0.638. The van der Waals surface area contributed by atoms with Crippen molar-refractivity contribution in [3.63, 3.8) is 0 Å². The lowest BCUT2D eigenvalue weighted by molar-refractivity contribution is 0.0587. The molecule has 0 bridgehead atoms. The minimum absolute atomic E-state index is 0.0728. The van der Waals surface area contributed by atoms with Crippen LogP contribution < -0.4 is 0 Å². The number of halogens is 1. The molecular formula is C11H7ClN4O2. The van der Waals surface area contributed by atoms with Crippen LogP contribution in [0.25, 0.3) is 5.69 Å². The van der Waals surface area contributed by atoms with Crippen LogP contribution >= 0.6 is 11.6 Å². The molecule has 1 aromatic heterocycles. The van der Waals surface area contributed by atoms with Gasteiger partial charge in [-0.15, -0.1) is 5.10 Å². The summed E-state index contributed by atoms with van der Waals surface area (Å²) < 4.78 is 5.82. The molecule has 0 radical (unpaired) electrons. The number of nitrogens with zero attached hydrogens (tertiary/aromatic N) is 4. The first-order valence-electron chi connectivity index (χ1n) is 4.85. The third-order valence-corrected chi connectivity index (χ3v) is 2.42. The van der Waals surface area contributed by atoms with Gasteiger partial charge in [-0.05, 0) is 18.2 Å². The maximum absolute atomic E-state index is 11.2. The molecule has 18 heavy (non-hydrogen) atoms. The molecule has 0 aliphatic heterocycles. The quantitative estimate of drug-likeness (QED) is 0.768. The van der Waals surface area contributed by atoms with E-state index in [1.807, 2.05) is 6.07 Å². The lowest BCUT2D eigenvalue weighted by Gasteiger charge is -2.02. The summed E-state index contributed by atoms with van der Waals surface area (Å²) in [4.78, 5) is 15.0. The first kappa shape index (κ1) is 12.1. The van der Waals surface area contributed by atoms with E-state index in [0.29, 0.717) is 16.3 Å². The number of nitriles is 1. The predicted molar refractivity (Wildman–Crippen MR) is 62.4 cm³/mol. The van der Waals surface area contributed by atoms with Gasteiger partial charge in [-0.2, -0.15) is 5.26 Å². The summed E-state index contributed by atoms with van der Waals surface area (Å²) >= 11 is 5.79. The maximum atomic E-state index is 11.2. The number of benzene rings is 1. The Morgan fingerprint density at radius 3 is 3.00 bits per heavy atom. The lowest BCUT2D eigenvalue weighted by Crippen LogP contribution is -2.05. The van der Waals surface area contributed by atoms with Crippen LogP contribution in [0.4, 0.5) is 0 Å². The van der Waals surface area contributed by atoms with Crippen molar-refractivity contribution in [3.8, 4) is 11.8 Å². The molecule has 7 heteroatoms. The van der Waals surface area contributed by atoms with Gasteiger partial charge in [0, 0.05) is 5.02 Å². The van der Waals surface area contributed by atoms with Crippen molar-refractivity contribution in [1.82, 2.24) is 14.8 Å². The van der Waals surface area contributed by atoms with Gasteiger partial charge in [-0.1, -0.05) is 11.6 Å². The molecule has 1 heterocycles. The summed E-state index contributed by atoms with van der Waals surface area (Å²) in [6.07, 6.45) is 1.33. The Balaban J connectivity index is 2.47. The van der Waals surface area contributed by atoms with E-state index in [-0.39, 0.29) is 5.82 Å². The first-order valence-corrected chi connectivity index (χ1v) is 5.23. The van der Waals surface area contributed by atoms with E-state index >= 15 is 0 Å². The second-order valence-electron chi connectivity index (χ2n) is 3.28. The maximum Gasteiger partial charge on any atom is 0.377 e. The highest BCUT2D eigenvalue weighted by Gasteiger charge is 2.13. The van der Waals surface area contributed by atoms with E-state index in [1.165, 1.54) is 24.2 Å². The zero-order chi connectivity index (χ0) is 13.1. The summed E-state index contributed by atoms with van der Waals surface area (Å²) in [6.45, 7) is 0. The van der Waals surface area contributed by atoms with Crippen LogP contribution in [0, 0.1) is 11.3 Å². The molecule has 0 saturated carbocycles. The molecule has 0 aliphatic carbocycles. The van der Waals surface area contributed by atoms with Gasteiger partial charge in [-0.25, -0.2) is 14.5 Å². The van der Waals surface area contributed by atoms with Crippen LogP contribution in [0.2, 0.25) is 5.02 Å². The summed E-state index contributed by atoms with van der Waals surface area (Å²) in [5.74, 6) is -0.711. The Hall–Kier alpha value is -2.39. The van der Waals surface area contributed by atoms with E-state index in [2.05, 4.69) is 14.8 Å². The lowest BCUT2D eigenvalue weighted by atomic mass is 10.2. The number of rotatable bonds is 2. The summed E-state index contributed by atoms with van der Waals surface area (Å²) in [7, 11) is 1.24. The second-order valence-corrected chi connectivity index (χ2v) is 3.71. The number of hydrogen-bond acceptors (Lipinski definition) is 5. The van der Waals surface area contributed by atoms with E-state index in [4.69, 9.17) is 16.9 Å². The molecule has 1 aromatic carbocycles. The molecule has 0 aliphatic rings. The van der Waals surface area contributed by atoms with Gasteiger partial charge in [0.25, 0.3) is 5.82 Å². The van der Waals surface area contributed by atoms with Gasteiger partial charge in [0.1, 0.15) is 12.4 Å². The number of aromatic nitrogens is 3. The Morgan fingerprint density at radius 2 is 2.33 bits per heavy atom. The Bertz CT molecular complexity index is 645. The number of methoxy groups -OCH3 is 1. The SMILES string of the molecule is COC(=O)c1ncn(-c2ccc(Cl)cc2C#N)n1. The Kier molecular flexibility index (Phi) is 3.26. The monoisotopic (exact) mass is 262 g/mol. The van der Waals surface area contributed by atoms with Gasteiger partial charge >= 0.3 is 5.97 Å². The van der Waals surface area contributed by atoms with Crippen molar-refractivity contribution in [3.05, 3.63) is 40.9 Å². The number of carbonyl (C=O) groups excluding carboxylic acids is 1. The molecule has 90 valence electrons. The van der Waals surface area contributed by atoms with Crippen LogP contribution in [0.3, 0.4) is 0 Å². The molecule has 0 saturated heterocycles. The molecule has 6 nitrogen and oxygen atoms in total. The highest BCUT2D eigenvalue weighted by molar-refractivity contribution is 6.30. The van der Waals surface area contributed by atoms with E-state index in [0.717, 1.165) is 0 Å². The normalized spacial score (nSPS) is 9.83. The van der Waals surface area contributed by atoms with Gasteiger partial charge in [0.05, 0.1) is 18.4 Å². The summed E-state index contributed by atoms with van der Waals surface area (Å²) in [6, 6.07) is 6.75. The van der Waals surface area contributed by atoms with Crippen molar-refractivity contribution in [2.45, 2.75) is 0 Å². The van der Waals surface area contributed by atoms with Crippen LogP contribution in [0.5, 0.6) is 0 Å². The van der Waals surface area contributed by atoms with E-state index in [9.17, 15) is 4.79 Å². The highest BCUT2D eigenvalue weighted by atomic mass is 35.5. The molecule has 2 rings (SSSR count). The van der Waals surface area contributed by atoms with Gasteiger partial charge in [-0.3, -0.25) is 0 Å². The molecule has 0 unspecified atom stereocenters. The number of esters is 1. The molecule has 2 aromatic rings. The Morgan fingerprint density at radius 1 is 1.56 bits per heavy atom. The standard InChI is InChI=1S/C11H7ClN4O2/c1-18-11(17)10-14-6-16(15-10)9-3-2-8(12)4-7(9)5-13/h2-4,6H,1H3. The molecule has 0 amide bonds. The topological polar surface area (TPSA) is 80.8 Å². The molecular weight excluding hydrogens is 256 g/mol. The van der Waals surface area contributed by atoms with Crippen molar-refractivity contribution >= 4 is 17.6 Å². The van der Waals surface area contributed by atoms with Crippen LogP contribution in [-0.4, -0.2) is 27.8 Å². The van der Waals surface area contributed by atoms with Crippen LogP contribution in [-0.2, 0) is 4.74 Å². The zero-order valence-electron chi connectivity index (χ0n) is 9.29. The van der Waals surface area contributed by atoms with Crippen molar-refractivity contribution < 1.29 is 9.53 Å². The number of carbonyl (C=O) groups is 1. The molecule has 0 N–H and O–H groups in total. The smallest absolute Gasteiger partial charge is 0.377 e. The van der Waals surface area contributed by atoms with Crippen molar-refractivity contribution in [2.24, 2.45) is 0 Å². The fourth-order valence-electron chi connectivity index (χ4n) is 1.36. The average Bonchev–Trinajstić information content (AvgIpc) is 2.87. The van der Waals surface area contributed by atoms with Gasteiger partial charge < -0.3 is 4.74 Å². The minimum Gasteiger partial charge on any atom is -0.463 e. The molecule has 0 atom stereocenters. The zero-order valence-corrected chi connectivity index (χ0v) is 10.0. The third-order valence-electron chi connectivity index (χ3n) is 2.19. The molecule has 0 fully saturated rings. The van der Waals surface area contributed by atoms with E-state index in [1.54, 1.807) is 12.1 Å².